The van der Waals surface area contributed by atoms with Gasteiger partial charge in [0.05, 0.1) is 15.9 Å². The summed E-state index contributed by atoms with van der Waals surface area (Å²) in [6, 6.07) is 16.1. The zero-order valence-electron chi connectivity index (χ0n) is 16.9. The maximum absolute atomic E-state index is 12.5. The fraction of sp³-hybridized carbons (Fsp3) is 0.304. The van der Waals surface area contributed by atoms with Crippen molar-refractivity contribution in [2.75, 3.05) is 26.2 Å². The molecule has 0 spiro atoms. The number of amides is 1. The van der Waals surface area contributed by atoms with Crippen LogP contribution in [0, 0.1) is 0 Å². The quantitative estimate of drug-likeness (QED) is 0.432. The van der Waals surface area contributed by atoms with Crippen LogP contribution in [0.4, 0.5) is 0 Å². The summed E-state index contributed by atoms with van der Waals surface area (Å²) in [4.78, 5) is 20.6. The number of thiazole rings is 1. The van der Waals surface area contributed by atoms with E-state index in [9.17, 15) is 4.79 Å². The van der Waals surface area contributed by atoms with E-state index in [1.807, 2.05) is 36.4 Å². The van der Waals surface area contributed by atoms with E-state index in [1.54, 1.807) is 11.3 Å². The van der Waals surface area contributed by atoms with Gasteiger partial charge in [0.15, 0.2) is 4.96 Å². The minimum Gasteiger partial charge on any atom is -0.352 e. The molecular formula is C23H26N4OS. The van der Waals surface area contributed by atoms with E-state index in [2.05, 4.69) is 46.8 Å². The predicted molar refractivity (Wildman–Crippen MR) is 121 cm³/mol. The van der Waals surface area contributed by atoms with Gasteiger partial charge in [0.1, 0.15) is 0 Å². The Morgan fingerprint density at radius 3 is 2.69 bits per heavy atom. The number of benzene rings is 2. The van der Waals surface area contributed by atoms with Crippen molar-refractivity contribution in [2.45, 2.75) is 20.3 Å². The van der Waals surface area contributed by atoms with Crippen LogP contribution in [0.3, 0.4) is 0 Å². The van der Waals surface area contributed by atoms with Crippen molar-refractivity contribution < 1.29 is 4.79 Å². The first kappa shape index (κ1) is 19.6. The molecule has 2 heterocycles. The molecule has 6 heteroatoms. The molecule has 4 aromatic rings. The van der Waals surface area contributed by atoms with Crippen LogP contribution >= 0.6 is 11.3 Å². The molecule has 0 saturated carbocycles. The molecule has 0 aliphatic heterocycles. The monoisotopic (exact) mass is 406 g/mol. The minimum atomic E-state index is -0.0116. The summed E-state index contributed by atoms with van der Waals surface area (Å²) in [6.07, 6.45) is 3.03. The standard InChI is InChI=1S/C23H26N4OS/c1-3-26(4-2)14-8-13-24-22(28)18-11-12-20-21(15-18)29-23-25-19(16-27(20)23)17-9-6-5-7-10-17/h5-7,9-12,15-16H,3-4,8,13-14H2,1-2H3,(H,24,28). The third kappa shape index (κ3) is 4.18. The maximum atomic E-state index is 12.5. The van der Waals surface area contributed by atoms with Gasteiger partial charge in [-0.25, -0.2) is 4.98 Å². The van der Waals surface area contributed by atoms with Gasteiger partial charge in [-0.15, -0.1) is 0 Å². The smallest absolute Gasteiger partial charge is 0.251 e. The zero-order chi connectivity index (χ0) is 20.2. The lowest BCUT2D eigenvalue weighted by atomic mass is 10.2. The minimum absolute atomic E-state index is 0.0116. The number of carbonyl (C=O) groups excluding carboxylic acids is 1. The molecule has 0 saturated heterocycles. The van der Waals surface area contributed by atoms with Gasteiger partial charge < -0.3 is 10.2 Å². The normalized spacial score (nSPS) is 11.6. The van der Waals surface area contributed by atoms with Crippen molar-refractivity contribution in [3.8, 4) is 11.3 Å². The highest BCUT2D eigenvalue weighted by Crippen LogP contribution is 2.30. The topological polar surface area (TPSA) is 49.6 Å². The van der Waals surface area contributed by atoms with Crippen LogP contribution < -0.4 is 5.32 Å². The summed E-state index contributed by atoms with van der Waals surface area (Å²) in [6.45, 7) is 8.14. The van der Waals surface area contributed by atoms with Crippen molar-refractivity contribution in [2.24, 2.45) is 0 Å². The van der Waals surface area contributed by atoms with Gasteiger partial charge >= 0.3 is 0 Å². The van der Waals surface area contributed by atoms with Crippen molar-refractivity contribution in [1.82, 2.24) is 19.6 Å². The van der Waals surface area contributed by atoms with E-state index in [1.165, 1.54) is 0 Å². The van der Waals surface area contributed by atoms with Crippen LogP contribution in [0.1, 0.15) is 30.6 Å². The van der Waals surface area contributed by atoms with Gasteiger partial charge in [-0.05, 0) is 44.3 Å². The third-order valence-corrected chi connectivity index (χ3v) is 6.27. The van der Waals surface area contributed by atoms with Gasteiger partial charge in [0, 0.05) is 23.9 Å². The van der Waals surface area contributed by atoms with Gasteiger partial charge in [-0.1, -0.05) is 55.5 Å². The van der Waals surface area contributed by atoms with E-state index in [4.69, 9.17) is 4.98 Å². The first-order chi connectivity index (χ1) is 14.2. The summed E-state index contributed by atoms with van der Waals surface area (Å²) >= 11 is 1.61. The average molecular weight is 407 g/mol. The molecule has 1 N–H and O–H groups in total. The summed E-state index contributed by atoms with van der Waals surface area (Å²) in [5.41, 5.74) is 3.86. The molecule has 0 fully saturated rings. The molecule has 0 bridgehead atoms. The second-order valence-corrected chi connectivity index (χ2v) is 8.07. The Balaban J connectivity index is 1.47. The fourth-order valence-corrected chi connectivity index (χ4v) is 4.58. The largest absolute Gasteiger partial charge is 0.352 e. The Morgan fingerprint density at radius 1 is 1.14 bits per heavy atom. The summed E-state index contributed by atoms with van der Waals surface area (Å²) in [5.74, 6) is -0.0116. The fourth-order valence-electron chi connectivity index (χ4n) is 3.54. The van der Waals surface area contributed by atoms with Crippen molar-refractivity contribution >= 4 is 32.4 Å². The van der Waals surface area contributed by atoms with Crippen molar-refractivity contribution in [3.63, 3.8) is 0 Å². The van der Waals surface area contributed by atoms with Crippen LogP contribution in [0.15, 0.2) is 54.7 Å². The SMILES string of the molecule is CCN(CC)CCCNC(=O)c1ccc2c(c1)sc1nc(-c3ccccc3)cn12. The van der Waals surface area contributed by atoms with E-state index in [0.717, 1.165) is 52.5 Å². The van der Waals surface area contributed by atoms with Gasteiger partial charge in [-0.3, -0.25) is 9.20 Å². The Bertz CT molecular complexity index is 1110. The number of hydrogen-bond donors (Lipinski definition) is 1. The number of hydrogen-bond acceptors (Lipinski definition) is 4. The number of imidazole rings is 1. The Kier molecular flexibility index (Phi) is 5.92. The van der Waals surface area contributed by atoms with Gasteiger partial charge in [0.2, 0.25) is 0 Å². The Hall–Kier alpha value is -2.70. The molecule has 150 valence electrons. The Labute approximate surface area is 175 Å². The molecule has 0 radical (unpaired) electrons. The van der Waals surface area contributed by atoms with Crippen LogP contribution in [0.2, 0.25) is 0 Å². The molecule has 0 unspecified atom stereocenters. The Morgan fingerprint density at radius 2 is 1.93 bits per heavy atom. The lowest BCUT2D eigenvalue weighted by molar-refractivity contribution is 0.0952. The molecule has 2 aromatic carbocycles. The highest BCUT2D eigenvalue weighted by Gasteiger charge is 2.13. The number of fused-ring (bicyclic) bond motifs is 3. The summed E-state index contributed by atoms with van der Waals surface area (Å²) in [7, 11) is 0. The number of rotatable bonds is 8. The first-order valence-corrected chi connectivity index (χ1v) is 11.0. The van der Waals surface area contributed by atoms with Gasteiger partial charge in [-0.2, -0.15) is 0 Å². The molecule has 5 nitrogen and oxygen atoms in total. The number of aromatic nitrogens is 2. The van der Waals surface area contributed by atoms with Crippen LogP contribution in [0.5, 0.6) is 0 Å². The molecule has 0 aliphatic carbocycles. The number of carbonyl (C=O) groups is 1. The lowest BCUT2D eigenvalue weighted by Gasteiger charge is -2.17. The molecule has 4 rings (SSSR count). The van der Waals surface area contributed by atoms with E-state index in [-0.39, 0.29) is 5.91 Å². The summed E-state index contributed by atoms with van der Waals surface area (Å²) < 4.78 is 3.18. The van der Waals surface area contributed by atoms with E-state index < -0.39 is 0 Å². The van der Waals surface area contributed by atoms with E-state index >= 15 is 0 Å². The van der Waals surface area contributed by atoms with E-state index in [0.29, 0.717) is 12.1 Å². The average Bonchev–Trinajstić information content (AvgIpc) is 3.32. The van der Waals surface area contributed by atoms with Crippen LogP contribution in [-0.4, -0.2) is 46.4 Å². The third-order valence-electron chi connectivity index (χ3n) is 5.26. The second-order valence-electron chi connectivity index (χ2n) is 7.07. The second kappa shape index (κ2) is 8.76. The molecule has 1 amide bonds. The number of nitrogens with one attached hydrogen (secondary N) is 1. The molecule has 2 aromatic heterocycles. The van der Waals surface area contributed by atoms with Gasteiger partial charge in [0.25, 0.3) is 5.91 Å². The molecular weight excluding hydrogens is 380 g/mol. The highest BCUT2D eigenvalue weighted by molar-refractivity contribution is 7.23. The molecule has 0 aliphatic rings. The maximum Gasteiger partial charge on any atom is 0.251 e. The highest BCUT2D eigenvalue weighted by atomic mass is 32.1. The molecule has 29 heavy (non-hydrogen) atoms. The predicted octanol–water partition coefficient (Wildman–Crippen LogP) is 4.68. The lowest BCUT2D eigenvalue weighted by Crippen LogP contribution is -2.29. The van der Waals surface area contributed by atoms with Crippen molar-refractivity contribution in [1.29, 1.82) is 0 Å². The first-order valence-electron chi connectivity index (χ1n) is 10.2. The van der Waals surface area contributed by atoms with Crippen LogP contribution in [-0.2, 0) is 0 Å². The van der Waals surface area contributed by atoms with Crippen LogP contribution in [0.25, 0.3) is 26.4 Å². The summed E-state index contributed by atoms with van der Waals surface area (Å²) in [5, 5.41) is 3.04. The number of nitrogens with zero attached hydrogens (tertiary/aromatic N) is 3. The molecule has 0 atom stereocenters. The van der Waals surface area contributed by atoms with Crippen molar-refractivity contribution in [3.05, 3.63) is 60.3 Å². The zero-order valence-corrected chi connectivity index (χ0v) is 17.7.